The highest BCUT2D eigenvalue weighted by Crippen LogP contribution is 2.35. The molecule has 6 heteroatoms. The van der Waals surface area contributed by atoms with Crippen LogP contribution >= 0.6 is 11.6 Å². The predicted molar refractivity (Wildman–Crippen MR) is 103 cm³/mol. The van der Waals surface area contributed by atoms with E-state index in [9.17, 15) is 9.18 Å². The maximum Gasteiger partial charge on any atom is 0.223 e. The number of nitrogens with one attached hydrogen (secondary N) is 2. The van der Waals surface area contributed by atoms with E-state index in [-0.39, 0.29) is 28.9 Å². The zero-order chi connectivity index (χ0) is 18.8. The smallest absolute Gasteiger partial charge is 0.223 e. The summed E-state index contributed by atoms with van der Waals surface area (Å²) in [7, 11) is 0. The Hall–Kier alpha value is -1.17. The topological polar surface area (TPSA) is 44.4 Å². The van der Waals surface area contributed by atoms with Gasteiger partial charge in [-0.15, -0.1) is 0 Å². The third-order valence-corrected chi connectivity index (χ3v) is 6.01. The molecule has 2 N–H and O–H groups in total. The molecular weight excluding hydrogens is 353 g/mol. The quantitative estimate of drug-likeness (QED) is 0.838. The fourth-order valence-corrected chi connectivity index (χ4v) is 4.46. The lowest BCUT2D eigenvalue weighted by Crippen LogP contribution is -2.47. The van der Waals surface area contributed by atoms with Gasteiger partial charge in [-0.1, -0.05) is 17.7 Å². The molecule has 0 aromatic heterocycles. The summed E-state index contributed by atoms with van der Waals surface area (Å²) in [6, 6.07) is 5.66. The molecule has 2 saturated heterocycles. The third kappa shape index (κ3) is 4.21. The van der Waals surface area contributed by atoms with E-state index < -0.39 is 5.82 Å². The monoisotopic (exact) mass is 381 g/mol. The molecule has 2 aliphatic rings. The lowest BCUT2D eigenvalue weighted by Gasteiger charge is -2.33. The number of carbonyl (C=O) groups excluding carboxylic acids is 1. The van der Waals surface area contributed by atoms with E-state index in [4.69, 9.17) is 11.6 Å². The lowest BCUT2D eigenvalue weighted by atomic mass is 9.91. The van der Waals surface area contributed by atoms with Crippen molar-refractivity contribution >= 4 is 17.5 Å². The van der Waals surface area contributed by atoms with Crippen molar-refractivity contribution in [1.82, 2.24) is 15.5 Å². The number of hydrogen-bond acceptors (Lipinski definition) is 3. The number of hydrogen-bond donors (Lipinski definition) is 2. The van der Waals surface area contributed by atoms with Crippen molar-refractivity contribution in [1.29, 1.82) is 0 Å². The maximum atomic E-state index is 14.0. The normalized spacial score (nSPS) is 29.9. The standard InChI is InChI=1S/C20H29ClFN3O/c1-12(2)25-9-7-18(19(25)14-4-5-16(21)17(22)11-14)24-20(26)15-6-8-23-13(3)10-15/h4-5,11-13,15,18-19,23H,6-10H2,1-3H3,(H,24,26)/t13-,15-,18?,19?/m0/s1. The van der Waals surface area contributed by atoms with Crippen LogP contribution in [0.15, 0.2) is 18.2 Å². The van der Waals surface area contributed by atoms with Crippen LogP contribution in [0.1, 0.15) is 51.6 Å². The maximum absolute atomic E-state index is 14.0. The van der Waals surface area contributed by atoms with Crippen LogP contribution in [0.3, 0.4) is 0 Å². The first-order valence-corrected chi connectivity index (χ1v) is 9.99. The van der Waals surface area contributed by atoms with Gasteiger partial charge in [0, 0.05) is 30.6 Å². The van der Waals surface area contributed by atoms with Crippen molar-refractivity contribution in [3.8, 4) is 0 Å². The molecule has 2 fully saturated rings. The summed E-state index contributed by atoms with van der Waals surface area (Å²) in [6.07, 6.45) is 2.61. The Bertz CT molecular complexity index is 654. The van der Waals surface area contributed by atoms with Gasteiger partial charge in [0.2, 0.25) is 5.91 Å². The summed E-state index contributed by atoms with van der Waals surface area (Å²) >= 11 is 5.86. The van der Waals surface area contributed by atoms with E-state index in [0.29, 0.717) is 12.1 Å². The van der Waals surface area contributed by atoms with Gasteiger partial charge >= 0.3 is 0 Å². The van der Waals surface area contributed by atoms with Crippen LogP contribution in [0.4, 0.5) is 4.39 Å². The van der Waals surface area contributed by atoms with Crippen LogP contribution in [-0.4, -0.2) is 42.0 Å². The van der Waals surface area contributed by atoms with E-state index in [1.165, 1.54) is 6.07 Å². The van der Waals surface area contributed by atoms with E-state index in [1.54, 1.807) is 6.07 Å². The summed E-state index contributed by atoms with van der Waals surface area (Å²) in [5.74, 6) is -0.215. The van der Waals surface area contributed by atoms with Crippen LogP contribution in [0, 0.1) is 11.7 Å². The number of likely N-dealkylation sites (tertiary alicyclic amines) is 1. The second kappa shape index (κ2) is 8.24. The van der Waals surface area contributed by atoms with Crippen LogP contribution in [-0.2, 0) is 4.79 Å². The zero-order valence-electron chi connectivity index (χ0n) is 15.8. The minimum absolute atomic E-state index is 0.00401. The van der Waals surface area contributed by atoms with E-state index in [2.05, 4.69) is 36.3 Å². The highest BCUT2D eigenvalue weighted by atomic mass is 35.5. The van der Waals surface area contributed by atoms with Gasteiger partial charge in [-0.25, -0.2) is 4.39 Å². The molecule has 1 aromatic carbocycles. The largest absolute Gasteiger partial charge is 0.351 e. The van der Waals surface area contributed by atoms with Crippen molar-refractivity contribution in [2.24, 2.45) is 5.92 Å². The lowest BCUT2D eigenvalue weighted by molar-refractivity contribution is -0.127. The van der Waals surface area contributed by atoms with Gasteiger partial charge in [-0.05, 0) is 64.3 Å². The Balaban J connectivity index is 1.78. The highest BCUT2D eigenvalue weighted by Gasteiger charge is 2.39. The molecular formula is C20H29ClFN3O. The van der Waals surface area contributed by atoms with Gasteiger partial charge in [-0.2, -0.15) is 0 Å². The Morgan fingerprint density at radius 3 is 2.81 bits per heavy atom. The molecule has 2 aliphatic heterocycles. The minimum atomic E-state index is -0.406. The van der Waals surface area contributed by atoms with Crippen LogP contribution in [0.25, 0.3) is 0 Å². The highest BCUT2D eigenvalue weighted by molar-refractivity contribution is 6.30. The molecule has 4 nitrogen and oxygen atoms in total. The summed E-state index contributed by atoms with van der Waals surface area (Å²) in [4.78, 5) is 15.2. The van der Waals surface area contributed by atoms with Crippen LogP contribution in [0.5, 0.6) is 0 Å². The number of benzene rings is 1. The molecule has 0 spiro atoms. The number of nitrogens with zero attached hydrogens (tertiary/aromatic N) is 1. The fraction of sp³-hybridized carbons (Fsp3) is 0.650. The van der Waals surface area contributed by atoms with Gasteiger partial charge in [0.25, 0.3) is 0 Å². The van der Waals surface area contributed by atoms with Crippen molar-refractivity contribution in [2.75, 3.05) is 13.1 Å². The predicted octanol–water partition coefficient (Wildman–Crippen LogP) is 3.51. The molecule has 1 aromatic rings. The van der Waals surface area contributed by atoms with E-state index in [0.717, 1.165) is 37.9 Å². The first-order valence-electron chi connectivity index (χ1n) is 9.61. The van der Waals surface area contributed by atoms with Crippen molar-refractivity contribution in [3.05, 3.63) is 34.6 Å². The van der Waals surface area contributed by atoms with Gasteiger partial charge in [0.05, 0.1) is 11.1 Å². The zero-order valence-corrected chi connectivity index (χ0v) is 16.5. The molecule has 0 aliphatic carbocycles. The minimum Gasteiger partial charge on any atom is -0.351 e. The summed E-state index contributed by atoms with van der Waals surface area (Å²) in [5.41, 5.74) is 0.877. The first kappa shape index (κ1) is 19.6. The number of halogens is 2. The molecule has 0 radical (unpaired) electrons. The Labute approximate surface area is 160 Å². The van der Waals surface area contributed by atoms with Crippen molar-refractivity contribution in [2.45, 2.75) is 64.2 Å². The van der Waals surface area contributed by atoms with Crippen LogP contribution in [0.2, 0.25) is 5.02 Å². The van der Waals surface area contributed by atoms with Crippen LogP contribution < -0.4 is 10.6 Å². The van der Waals surface area contributed by atoms with Gasteiger partial charge < -0.3 is 10.6 Å². The van der Waals surface area contributed by atoms with Gasteiger partial charge in [-0.3, -0.25) is 9.69 Å². The molecule has 3 rings (SSSR count). The Morgan fingerprint density at radius 2 is 2.15 bits per heavy atom. The van der Waals surface area contributed by atoms with Crippen molar-refractivity contribution < 1.29 is 9.18 Å². The summed E-state index contributed by atoms with van der Waals surface area (Å²) in [5, 5.41) is 6.79. The third-order valence-electron chi connectivity index (χ3n) is 5.71. The molecule has 0 saturated carbocycles. The molecule has 144 valence electrons. The van der Waals surface area contributed by atoms with Gasteiger partial charge in [0.15, 0.2) is 0 Å². The average Bonchev–Trinajstić information content (AvgIpc) is 3.01. The molecule has 2 heterocycles. The molecule has 4 atom stereocenters. The number of rotatable bonds is 4. The first-order chi connectivity index (χ1) is 12.4. The van der Waals surface area contributed by atoms with E-state index >= 15 is 0 Å². The molecule has 0 bridgehead atoms. The molecule has 1 amide bonds. The van der Waals surface area contributed by atoms with Crippen molar-refractivity contribution in [3.63, 3.8) is 0 Å². The summed E-state index contributed by atoms with van der Waals surface area (Å²) < 4.78 is 14.0. The molecule has 26 heavy (non-hydrogen) atoms. The number of carbonyl (C=O) groups is 1. The number of amides is 1. The molecule has 2 unspecified atom stereocenters. The Morgan fingerprint density at radius 1 is 1.38 bits per heavy atom. The fourth-order valence-electron chi connectivity index (χ4n) is 4.34. The Kier molecular flexibility index (Phi) is 6.21. The summed E-state index contributed by atoms with van der Waals surface area (Å²) in [6.45, 7) is 8.17. The average molecular weight is 382 g/mol. The van der Waals surface area contributed by atoms with E-state index in [1.807, 2.05) is 6.07 Å². The number of piperidine rings is 1. The second-order valence-corrected chi connectivity index (χ2v) is 8.34. The SMILES string of the molecule is CC(C)N1CCC(NC(=O)[C@H]2CCN[C@@H](C)C2)C1c1ccc(Cl)c(F)c1. The van der Waals surface area contributed by atoms with Gasteiger partial charge in [0.1, 0.15) is 5.82 Å². The second-order valence-electron chi connectivity index (χ2n) is 7.93.